The van der Waals surface area contributed by atoms with E-state index < -0.39 is 0 Å². The summed E-state index contributed by atoms with van der Waals surface area (Å²) >= 11 is 3.36. The van der Waals surface area contributed by atoms with Gasteiger partial charge in [-0.1, -0.05) is 29.8 Å². The van der Waals surface area contributed by atoms with Crippen LogP contribution in [0.25, 0.3) is 0 Å². The lowest BCUT2D eigenvalue weighted by Gasteiger charge is -2.07. The number of hydrogen-bond donors (Lipinski definition) is 0. The summed E-state index contributed by atoms with van der Waals surface area (Å²) in [6, 6.07) is 3.95. The van der Waals surface area contributed by atoms with Gasteiger partial charge in [0.05, 0.1) is 18.5 Å². The molecule has 0 aliphatic heterocycles. The van der Waals surface area contributed by atoms with Gasteiger partial charge in [-0.05, 0) is 30.9 Å². The number of rotatable bonds is 6. The van der Waals surface area contributed by atoms with E-state index in [-0.39, 0.29) is 0 Å². The molecule has 0 unspecified atom stereocenters. The summed E-state index contributed by atoms with van der Waals surface area (Å²) in [5.41, 5.74) is 1.03. The van der Waals surface area contributed by atoms with Gasteiger partial charge in [0.15, 0.2) is 0 Å². The highest BCUT2D eigenvalue weighted by Crippen LogP contribution is 2.12. The topological polar surface area (TPSA) is 22.1 Å². The second kappa shape index (κ2) is 6.83. The van der Waals surface area contributed by atoms with E-state index in [4.69, 9.17) is 4.74 Å². The molecule has 15 heavy (non-hydrogen) atoms. The van der Waals surface area contributed by atoms with E-state index >= 15 is 0 Å². The first-order valence-electron chi connectivity index (χ1n) is 5.36. The largest absolute Gasteiger partial charge is 0.492 e. The Morgan fingerprint density at radius 3 is 2.73 bits per heavy atom. The summed E-state index contributed by atoms with van der Waals surface area (Å²) in [5.74, 6) is 1.62. The van der Waals surface area contributed by atoms with E-state index in [2.05, 4.69) is 34.8 Å². The highest BCUT2D eigenvalue weighted by molar-refractivity contribution is 9.08. The van der Waals surface area contributed by atoms with E-state index in [1.54, 1.807) is 6.20 Å². The number of nitrogens with zero attached hydrogens (tertiary/aromatic N) is 1. The van der Waals surface area contributed by atoms with Crippen LogP contribution in [0.4, 0.5) is 0 Å². The molecule has 0 spiro atoms. The van der Waals surface area contributed by atoms with Crippen LogP contribution in [0.2, 0.25) is 0 Å². The first-order chi connectivity index (χ1) is 7.22. The molecule has 0 aromatic carbocycles. The maximum Gasteiger partial charge on any atom is 0.137 e. The van der Waals surface area contributed by atoms with Crippen LogP contribution in [0.15, 0.2) is 18.3 Å². The minimum Gasteiger partial charge on any atom is -0.492 e. The fourth-order valence-corrected chi connectivity index (χ4v) is 1.59. The third kappa shape index (κ3) is 5.17. The average molecular weight is 272 g/mol. The van der Waals surface area contributed by atoms with Crippen molar-refractivity contribution in [3.05, 3.63) is 24.0 Å². The maximum absolute atomic E-state index is 5.58. The van der Waals surface area contributed by atoms with Crippen LogP contribution < -0.4 is 4.74 Å². The molecule has 0 amide bonds. The van der Waals surface area contributed by atoms with Gasteiger partial charge in [-0.15, -0.1) is 0 Å². The Morgan fingerprint density at radius 2 is 2.20 bits per heavy atom. The summed E-state index contributed by atoms with van der Waals surface area (Å²) in [5, 5.41) is 0.792. The monoisotopic (exact) mass is 271 g/mol. The molecule has 1 aromatic heterocycles. The summed E-state index contributed by atoms with van der Waals surface area (Å²) < 4.78 is 5.58. The van der Waals surface area contributed by atoms with E-state index in [0.29, 0.717) is 0 Å². The Hall–Kier alpha value is -0.570. The van der Waals surface area contributed by atoms with Crippen molar-refractivity contribution in [2.24, 2.45) is 5.92 Å². The Bertz CT molecular complexity index is 271. The van der Waals surface area contributed by atoms with Crippen LogP contribution in [0, 0.1) is 5.92 Å². The third-order valence-corrected chi connectivity index (χ3v) is 2.70. The van der Waals surface area contributed by atoms with Crippen molar-refractivity contribution in [3.8, 4) is 5.75 Å². The normalized spacial score (nSPS) is 10.7. The molecule has 0 fully saturated rings. The highest BCUT2D eigenvalue weighted by Gasteiger charge is 1.97. The van der Waals surface area contributed by atoms with Crippen LogP contribution in [0.1, 0.15) is 32.4 Å². The molecule has 0 aliphatic rings. The van der Waals surface area contributed by atoms with Gasteiger partial charge in [0.2, 0.25) is 0 Å². The molecule has 1 heterocycles. The zero-order chi connectivity index (χ0) is 11.1. The quantitative estimate of drug-likeness (QED) is 0.580. The number of alkyl halides is 1. The minimum atomic E-state index is 0.752. The molecule has 0 N–H and O–H groups in total. The molecule has 84 valence electrons. The minimum absolute atomic E-state index is 0.752. The fourth-order valence-electron chi connectivity index (χ4n) is 1.26. The van der Waals surface area contributed by atoms with E-state index in [1.807, 2.05) is 12.1 Å². The first kappa shape index (κ1) is 12.5. The van der Waals surface area contributed by atoms with Gasteiger partial charge in [0, 0.05) is 5.33 Å². The van der Waals surface area contributed by atoms with Crippen LogP contribution in [0.3, 0.4) is 0 Å². The maximum atomic E-state index is 5.58. The van der Waals surface area contributed by atoms with Crippen LogP contribution in [0.5, 0.6) is 5.75 Å². The van der Waals surface area contributed by atoms with Gasteiger partial charge in [-0.25, -0.2) is 0 Å². The van der Waals surface area contributed by atoms with Gasteiger partial charge in [0.25, 0.3) is 0 Å². The Labute approximate surface area is 100 Å². The average Bonchev–Trinajstić information content (AvgIpc) is 2.25. The summed E-state index contributed by atoms with van der Waals surface area (Å²) in [4.78, 5) is 4.24. The molecule has 0 saturated heterocycles. The predicted octanol–water partition coefficient (Wildman–Crippen LogP) is 3.79. The molecule has 1 aromatic rings. The third-order valence-electron chi connectivity index (χ3n) is 2.13. The fraction of sp³-hybridized carbons (Fsp3) is 0.583. The second-order valence-electron chi connectivity index (χ2n) is 4.00. The molecule has 3 heteroatoms. The van der Waals surface area contributed by atoms with Crippen molar-refractivity contribution in [2.45, 2.75) is 32.0 Å². The lowest BCUT2D eigenvalue weighted by atomic mass is 10.1. The SMILES string of the molecule is CC(C)CCCOc1ccc(CBr)nc1. The number of halogens is 1. The van der Waals surface area contributed by atoms with Gasteiger partial charge in [-0.2, -0.15) is 0 Å². The summed E-state index contributed by atoms with van der Waals surface area (Å²) in [6.45, 7) is 5.24. The molecule has 1 rings (SSSR count). The Kier molecular flexibility index (Phi) is 5.69. The zero-order valence-electron chi connectivity index (χ0n) is 9.37. The van der Waals surface area contributed by atoms with Gasteiger partial charge in [-0.3, -0.25) is 4.98 Å². The molecule has 2 nitrogen and oxygen atoms in total. The van der Waals surface area contributed by atoms with E-state index in [1.165, 1.54) is 6.42 Å². The van der Waals surface area contributed by atoms with Gasteiger partial charge >= 0.3 is 0 Å². The van der Waals surface area contributed by atoms with Crippen LogP contribution in [-0.2, 0) is 5.33 Å². The molecule has 0 bridgehead atoms. The predicted molar refractivity (Wildman–Crippen MR) is 66.4 cm³/mol. The molecule has 0 atom stereocenters. The van der Waals surface area contributed by atoms with Crippen molar-refractivity contribution < 1.29 is 4.74 Å². The van der Waals surface area contributed by atoms with Crippen LogP contribution in [-0.4, -0.2) is 11.6 Å². The number of aromatic nitrogens is 1. The molecular formula is C12H18BrNO. The molecule has 0 saturated carbocycles. The van der Waals surface area contributed by atoms with Crippen molar-refractivity contribution in [2.75, 3.05) is 6.61 Å². The molecular weight excluding hydrogens is 254 g/mol. The van der Waals surface area contributed by atoms with E-state index in [9.17, 15) is 0 Å². The number of ether oxygens (including phenoxy) is 1. The molecule has 0 radical (unpaired) electrons. The Morgan fingerprint density at radius 1 is 1.40 bits per heavy atom. The van der Waals surface area contributed by atoms with Crippen molar-refractivity contribution in [1.82, 2.24) is 4.98 Å². The van der Waals surface area contributed by atoms with Crippen LogP contribution >= 0.6 is 15.9 Å². The van der Waals surface area contributed by atoms with Crippen molar-refractivity contribution >= 4 is 15.9 Å². The van der Waals surface area contributed by atoms with Gasteiger partial charge in [0.1, 0.15) is 5.75 Å². The first-order valence-corrected chi connectivity index (χ1v) is 6.48. The second-order valence-corrected chi connectivity index (χ2v) is 4.56. The van der Waals surface area contributed by atoms with Crippen molar-refractivity contribution in [1.29, 1.82) is 0 Å². The lowest BCUT2D eigenvalue weighted by Crippen LogP contribution is -2.00. The number of hydrogen-bond acceptors (Lipinski definition) is 2. The van der Waals surface area contributed by atoms with Crippen molar-refractivity contribution in [3.63, 3.8) is 0 Å². The number of pyridine rings is 1. The lowest BCUT2D eigenvalue weighted by molar-refractivity contribution is 0.296. The standard InChI is InChI=1S/C12H18BrNO/c1-10(2)4-3-7-15-12-6-5-11(8-13)14-9-12/h5-6,9-10H,3-4,7-8H2,1-2H3. The smallest absolute Gasteiger partial charge is 0.137 e. The van der Waals surface area contributed by atoms with E-state index in [0.717, 1.165) is 35.7 Å². The molecule has 0 aliphatic carbocycles. The zero-order valence-corrected chi connectivity index (χ0v) is 11.0. The van der Waals surface area contributed by atoms with Gasteiger partial charge < -0.3 is 4.74 Å². The Balaban J connectivity index is 2.25. The highest BCUT2D eigenvalue weighted by atomic mass is 79.9. The summed E-state index contributed by atoms with van der Waals surface area (Å²) in [7, 11) is 0. The summed E-state index contributed by atoms with van der Waals surface area (Å²) in [6.07, 6.45) is 4.11.